The number of allylic oxidation sites excluding steroid dienone is 1. The average Bonchev–Trinajstić information content (AvgIpc) is 3.20. The molecule has 0 aliphatic heterocycles. The van der Waals surface area contributed by atoms with Gasteiger partial charge in [-0.1, -0.05) is 30.3 Å². The first-order chi connectivity index (χ1) is 10.3. The van der Waals surface area contributed by atoms with Crippen LogP contribution in [0, 0.1) is 31.6 Å². The van der Waals surface area contributed by atoms with E-state index in [0.29, 0.717) is 18.0 Å². The number of Topliss-reactive ketones (excluding diaryl/α,β-unsaturated/α-hetero) is 1. The summed E-state index contributed by atoms with van der Waals surface area (Å²) in [5.41, 5.74) is 1.67. The van der Waals surface area contributed by atoms with Gasteiger partial charge in [0.05, 0.1) is 12.5 Å². The van der Waals surface area contributed by atoms with Crippen molar-refractivity contribution in [2.24, 2.45) is 0 Å². The Bertz CT molecular complexity index is 611. The van der Waals surface area contributed by atoms with Crippen molar-refractivity contribution in [3.8, 4) is 0 Å². The van der Waals surface area contributed by atoms with E-state index in [0.717, 1.165) is 5.56 Å². The Kier molecular flexibility index (Phi) is 4.24. The Balaban J connectivity index is 1.86. The van der Waals surface area contributed by atoms with Crippen LogP contribution in [0.1, 0.15) is 5.56 Å². The van der Waals surface area contributed by atoms with Crippen molar-refractivity contribution < 1.29 is 4.79 Å². The van der Waals surface area contributed by atoms with Gasteiger partial charge >= 0.3 is 0 Å². The molecular formula is C17H14N3O. The summed E-state index contributed by atoms with van der Waals surface area (Å²) in [5, 5.41) is 4.07. The summed E-state index contributed by atoms with van der Waals surface area (Å²) in [6.07, 6.45) is 12.3. The Morgan fingerprint density at radius 3 is 2.57 bits per heavy atom. The van der Waals surface area contributed by atoms with Crippen molar-refractivity contribution >= 4 is 11.9 Å². The summed E-state index contributed by atoms with van der Waals surface area (Å²) in [6, 6.07) is 9.80. The van der Waals surface area contributed by atoms with Gasteiger partial charge in [0.25, 0.3) is 0 Å². The molecule has 2 aromatic rings. The lowest BCUT2D eigenvalue weighted by Crippen LogP contribution is -2.17. The maximum Gasteiger partial charge on any atom is 0.168 e. The van der Waals surface area contributed by atoms with Crippen LogP contribution < -0.4 is 0 Å². The van der Waals surface area contributed by atoms with Crippen LogP contribution in [0.15, 0.2) is 48.6 Å². The highest BCUT2D eigenvalue weighted by atomic mass is 16.1. The molecule has 0 amide bonds. The molecule has 1 aromatic carbocycles. The lowest BCUT2D eigenvalue weighted by molar-refractivity contribution is -0.113. The van der Waals surface area contributed by atoms with E-state index < -0.39 is 0 Å². The standard InChI is InChI=1S/C17H14N3O/c21-17(15-8-4-5-9-15)16(11-20-13-18-12-19-20)10-14-6-2-1-3-7-14/h1-10,12-13H,11H2/b16-10+. The van der Waals surface area contributed by atoms with Crippen LogP contribution in [0.25, 0.3) is 6.08 Å². The fraction of sp³-hybridized carbons (Fsp3) is 0.0588. The van der Waals surface area contributed by atoms with Gasteiger partial charge < -0.3 is 0 Å². The molecule has 1 aromatic heterocycles. The van der Waals surface area contributed by atoms with Crippen LogP contribution in [0.3, 0.4) is 0 Å². The molecule has 1 aliphatic rings. The number of benzene rings is 1. The van der Waals surface area contributed by atoms with E-state index in [9.17, 15) is 4.79 Å². The summed E-state index contributed by atoms with van der Waals surface area (Å²) in [7, 11) is 0. The summed E-state index contributed by atoms with van der Waals surface area (Å²) in [5.74, 6) is 0.705. The number of carbonyl (C=O) groups is 1. The van der Waals surface area contributed by atoms with Crippen LogP contribution in [0.4, 0.5) is 0 Å². The van der Waals surface area contributed by atoms with Gasteiger partial charge in [-0.2, -0.15) is 5.10 Å². The Hall–Kier alpha value is -2.23. The minimum atomic E-state index is 0.0133. The molecular weight excluding hydrogens is 262 g/mol. The zero-order chi connectivity index (χ0) is 14.5. The molecule has 5 radical (unpaired) electrons. The molecule has 1 saturated carbocycles. The van der Waals surface area contributed by atoms with E-state index >= 15 is 0 Å². The Morgan fingerprint density at radius 2 is 1.90 bits per heavy atom. The van der Waals surface area contributed by atoms with Crippen molar-refractivity contribution in [2.75, 3.05) is 0 Å². The Morgan fingerprint density at radius 1 is 1.14 bits per heavy atom. The molecule has 0 unspecified atom stereocenters. The smallest absolute Gasteiger partial charge is 0.168 e. The molecule has 0 N–H and O–H groups in total. The van der Waals surface area contributed by atoms with E-state index in [-0.39, 0.29) is 5.78 Å². The van der Waals surface area contributed by atoms with Crippen molar-refractivity contribution in [3.05, 3.63) is 85.7 Å². The quantitative estimate of drug-likeness (QED) is 0.787. The number of carbonyl (C=O) groups excluding carboxylic acids is 1. The largest absolute Gasteiger partial charge is 0.294 e. The number of hydrogen-bond donors (Lipinski definition) is 0. The Labute approximate surface area is 124 Å². The summed E-state index contributed by atoms with van der Waals surface area (Å²) in [4.78, 5) is 16.5. The lowest BCUT2D eigenvalue weighted by Gasteiger charge is -2.11. The molecule has 3 rings (SSSR count). The van der Waals surface area contributed by atoms with Crippen molar-refractivity contribution in [1.82, 2.24) is 14.8 Å². The highest BCUT2D eigenvalue weighted by molar-refractivity contribution is 6.11. The van der Waals surface area contributed by atoms with Crippen LogP contribution in [0.5, 0.6) is 0 Å². The summed E-state index contributed by atoms with van der Waals surface area (Å²) < 4.78 is 1.65. The molecule has 4 heteroatoms. The highest BCUT2D eigenvalue weighted by Crippen LogP contribution is 2.27. The number of nitrogens with zero attached hydrogens (tertiary/aromatic N) is 3. The average molecular weight is 276 g/mol. The molecule has 103 valence electrons. The zero-order valence-corrected chi connectivity index (χ0v) is 11.4. The van der Waals surface area contributed by atoms with E-state index in [1.54, 1.807) is 11.0 Å². The second-order valence-electron chi connectivity index (χ2n) is 4.68. The molecule has 0 saturated heterocycles. The maximum absolute atomic E-state index is 12.6. The number of hydrogen-bond acceptors (Lipinski definition) is 3. The third-order valence-corrected chi connectivity index (χ3v) is 3.16. The van der Waals surface area contributed by atoms with E-state index in [1.165, 1.54) is 6.33 Å². The maximum atomic E-state index is 12.6. The molecule has 21 heavy (non-hydrogen) atoms. The van der Waals surface area contributed by atoms with Crippen LogP contribution in [0.2, 0.25) is 0 Å². The first kappa shape index (κ1) is 13.7. The third-order valence-electron chi connectivity index (χ3n) is 3.16. The van der Waals surface area contributed by atoms with Gasteiger partial charge in [-0.3, -0.25) is 4.79 Å². The lowest BCUT2D eigenvalue weighted by atomic mass is 9.94. The SMILES string of the molecule is O=C([C]1[CH][CH][CH][CH]1)/C(=C/c1ccccc1)Cn1cncn1. The van der Waals surface area contributed by atoms with E-state index in [1.807, 2.05) is 62.1 Å². The number of aromatic nitrogens is 3. The van der Waals surface area contributed by atoms with Gasteiger partial charge in [-0.05, 0) is 37.3 Å². The highest BCUT2D eigenvalue weighted by Gasteiger charge is 2.27. The van der Waals surface area contributed by atoms with E-state index in [4.69, 9.17) is 0 Å². The van der Waals surface area contributed by atoms with Gasteiger partial charge in [0.2, 0.25) is 0 Å². The molecule has 1 fully saturated rings. The van der Waals surface area contributed by atoms with Gasteiger partial charge in [0.15, 0.2) is 5.78 Å². The predicted molar refractivity (Wildman–Crippen MR) is 79.9 cm³/mol. The van der Waals surface area contributed by atoms with Gasteiger partial charge in [0, 0.05) is 5.57 Å². The first-order valence-electron chi connectivity index (χ1n) is 6.67. The number of rotatable bonds is 5. The van der Waals surface area contributed by atoms with Crippen LogP contribution >= 0.6 is 0 Å². The molecule has 1 aliphatic carbocycles. The normalized spacial score (nSPS) is 16.3. The summed E-state index contributed by atoms with van der Waals surface area (Å²) >= 11 is 0. The monoisotopic (exact) mass is 276 g/mol. The van der Waals surface area contributed by atoms with E-state index in [2.05, 4.69) is 10.1 Å². The van der Waals surface area contributed by atoms with Gasteiger partial charge in [0.1, 0.15) is 12.7 Å². The van der Waals surface area contributed by atoms with Gasteiger partial charge in [-0.25, -0.2) is 9.67 Å². The van der Waals surface area contributed by atoms with Crippen molar-refractivity contribution in [3.63, 3.8) is 0 Å². The predicted octanol–water partition coefficient (Wildman–Crippen LogP) is 2.34. The molecule has 0 spiro atoms. The zero-order valence-electron chi connectivity index (χ0n) is 11.4. The molecule has 0 bridgehead atoms. The first-order valence-corrected chi connectivity index (χ1v) is 6.67. The van der Waals surface area contributed by atoms with Crippen molar-refractivity contribution in [1.29, 1.82) is 0 Å². The van der Waals surface area contributed by atoms with Crippen molar-refractivity contribution in [2.45, 2.75) is 6.54 Å². The van der Waals surface area contributed by atoms with Crippen LogP contribution in [-0.2, 0) is 11.3 Å². The second kappa shape index (κ2) is 6.48. The summed E-state index contributed by atoms with van der Waals surface area (Å²) in [6.45, 7) is 0.402. The topological polar surface area (TPSA) is 47.8 Å². The minimum Gasteiger partial charge on any atom is -0.294 e. The minimum absolute atomic E-state index is 0.0133. The molecule has 1 heterocycles. The fourth-order valence-corrected chi connectivity index (χ4v) is 2.13. The third kappa shape index (κ3) is 3.45. The van der Waals surface area contributed by atoms with Crippen LogP contribution in [-0.4, -0.2) is 20.5 Å². The number of ketones is 1. The molecule has 4 nitrogen and oxygen atoms in total. The molecule has 0 atom stereocenters. The fourth-order valence-electron chi connectivity index (χ4n) is 2.13. The van der Waals surface area contributed by atoms with Gasteiger partial charge in [-0.15, -0.1) is 0 Å². The second-order valence-corrected chi connectivity index (χ2v) is 4.68.